The molecule has 0 heterocycles. The lowest BCUT2D eigenvalue weighted by Gasteiger charge is -1.98. The maximum Gasteiger partial charge on any atom is 0.195 e. The summed E-state index contributed by atoms with van der Waals surface area (Å²) in [5.41, 5.74) is 0.0279. The molecule has 0 N–H and O–H groups in total. The minimum atomic E-state index is 0.00649. The average Bonchev–Trinajstić information content (AvgIpc) is 3.15. The highest BCUT2D eigenvalue weighted by molar-refractivity contribution is 6.31. The molecule has 0 aromatic heterocycles. The van der Waals surface area contributed by atoms with Gasteiger partial charge in [-0.2, -0.15) is 0 Å². The molecule has 0 bridgehead atoms. The highest BCUT2D eigenvalue weighted by Gasteiger charge is 2.19. The summed E-state index contributed by atoms with van der Waals surface area (Å²) >= 11 is 0. The fourth-order valence-corrected chi connectivity index (χ4v) is 4.44. The van der Waals surface area contributed by atoms with E-state index in [0.717, 1.165) is 37.7 Å². The van der Waals surface area contributed by atoms with Gasteiger partial charge in [0.15, 0.2) is 10.9 Å². The summed E-state index contributed by atoms with van der Waals surface area (Å²) in [5, 5.41) is 8.33. The Labute approximate surface area is 147 Å². The summed E-state index contributed by atoms with van der Waals surface area (Å²) in [6.07, 6.45) is 0. The molecule has 0 saturated carbocycles. The van der Waals surface area contributed by atoms with Crippen LogP contribution in [-0.4, -0.2) is 0 Å². The van der Waals surface area contributed by atoms with Crippen LogP contribution in [0.4, 0.5) is 0 Å². The first-order valence-corrected chi connectivity index (χ1v) is 8.63. The van der Waals surface area contributed by atoms with E-state index in [0.29, 0.717) is 16.2 Å². The number of rotatable bonds is 0. The van der Waals surface area contributed by atoms with E-state index in [1.165, 1.54) is 0 Å². The Hall–Kier alpha value is -3.52. The Kier molecular flexibility index (Phi) is 2.41. The van der Waals surface area contributed by atoms with Crippen molar-refractivity contribution in [1.82, 2.24) is 0 Å². The van der Waals surface area contributed by atoms with E-state index in [9.17, 15) is 9.59 Å². The van der Waals surface area contributed by atoms with Crippen LogP contribution in [0.25, 0.3) is 53.9 Å². The zero-order chi connectivity index (χ0) is 17.4. The van der Waals surface area contributed by atoms with E-state index in [4.69, 9.17) is 0 Å². The van der Waals surface area contributed by atoms with Crippen LogP contribution >= 0.6 is 0 Å². The Morgan fingerprint density at radius 3 is 1.81 bits per heavy atom. The summed E-state index contributed by atoms with van der Waals surface area (Å²) in [6, 6.07) is 23.4. The number of fused-ring (bicyclic) bond motifs is 9. The minimum Gasteiger partial charge on any atom is -0.289 e. The van der Waals surface area contributed by atoms with Crippen LogP contribution in [0.1, 0.15) is 0 Å². The number of benzene rings is 4. The largest absolute Gasteiger partial charge is 0.289 e. The topological polar surface area (TPSA) is 34.1 Å². The van der Waals surface area contributed by atoms with Gasteiger partial charge in [0.1, 0.15) is 0 Å². The lowest BCUT2D eigenvalue weighted by Crippen LogP contribution is -1.96. The van der Waals surface area contributed by atoms with Gasteiger partial charge in [0.05, 0.1) is 0 Å². The number of hydrogen-bond acceptors (Lipinski definition) is 2. The van der Waals surface area contributed by atoms with E-state index >= 15 is 0 Å². The average molecular weight is 332 g/mol. The minimum absolute atomic E-state index is 0.00649. The highest BCUT2D eigenvalue weighted by Crippen LogP contribution is 2.36. The molecule has 6 rings (SSSR count). The van der Waals surface area contributed by atoms with Crippen molar-refractivity contribution in [2.75, 3.05) is 0 Å². The van der Waals surface area contributed by atoms with Gasteiger partial charge in [-0.1, -0.05) is 66.7 Å². The highest BCUT2D eigenvalue weighted by atomic mass is 16.1. The van der Waals surface area contributed by atoms with Crippen molar-refractivity contribution in [2.45, 2.75) is 0 Å². The van der Waals surface area contributed by atoms with Crippen LogP contribution < -0.4 is 10.9 Å². The smallest absolute Gasteiger partial charge is 0.195 e. The third-order valence-corrected chi connectivity index (χ3v) is 5.56. The van der Waals surface area contributed by atoms with E-state index in [1.54, 1.807) is 0 Å². The lowest BCUT2D eigenvalue weighted by molar-refractivity contribution is 1.80. The van der Waals surface area contributed by atoms with Crippen molar-refractivity contribution < 1.29 is 0 Å². The summed E-state index contributed by atoms with van der Waals surface area (Å²) in [7, 11) is 0. The zero-order valence-electron chi connectivity index (χ0n) is 13.7. The molecule has 0 atom stereocenters. The molecule has 6 aromatic rings. The molecular weight excluding hydrogens is 320 g/mol. The van der Waals surface area contributed by atoms with E-state index in [-0.39, 0.29) is 10.9 Å². The summed E-state index contributed by atoms with van der Waals surface area (Å²) in [5.74, 6) is 0. The standard InChI is InChI=1S/C24H12O2/c25-23-18-8-4-3-7-15(18)20-19(23)12-11-17-16-10-9-13-5-1-2-6-14(13)21(16)24(26)22(17)20/h1-12H. The lowest BCUT2D eigenvalue weighted by atomic mass is 10.0. The predicted octanol–water partition coefficient (Wildman–Crippen LogP) is 5.05. The van der Waals surface area contributed by atoms with Crippen molar-refractivity contribution >= 4 is 53.9 Å². The fourth-order valence-electron chi connectivity index (χ4n) is 4.44. The second kappa shape index (κ2) is 4.55. The molecule has 0 spiro atoms. The van der Waals surface area contributed by atoms with Crippen LogP contribution in [0.3, 0.4) is 0 Å². The fraction of sp³-hybridized carbons (Fsp3) is 0. The monoisotopic (exact) mass is 332 g/mol. The Balaban J connectivity index is 2.02. The SMILES string of the molecule is O=c1c2ccccc2c2c1ccc1c3ccc4ccccc4c3c(=O)c12. The third kappa shape index (κ3) is 1.48. The Morgan fingerprint density at radius 1 is 0.385 bits per heavy atom. The maximum atomic E-state index is 13.5. The second-order valence-electron chi connectivity index (χ2n) is 6.82. The molecule has 0 aliphatic heterocycles. The molecular formula is C24H12O2. The first-order chi connectivity index (χ1) is 12.8. The zero-order valence-corrected chi connectivity index (χ0v) is 13.7. The molecule has 6 aromatic carbocycles. The van der Waals surface area contributed by atoms with Gasteiger partial charge in [-0.05, 0) is 33.0 Å². The van der Waals surface area contributed by atoms with Gasteiger partial charge < -0.3 is 0 Å². The normalized spacial score (nSPS) is 12.2. The van der Waals surface area contributed by atoms with Gasteiger partial charge in [0.25, 0.3) is 0 Å². The van der Waals surface area contributed by atoms with Crippen LogP contribution in [0.15, 0.2) is 82.4 Å². The Bertz CT molecular complexity index is 1610. The molecule has 26 heavy (non-hydrogen) atoms. The quantitative estimate of drug-likeness (QED) is 0.390. The van der Waals surface area contributed by atoms with Gasteiger partial charge in [-0.15, -0.1) is 0 Å². The van der Waals surface area contributed by atoms with Crippen molar-refractivity contribution in [3.63, 3.8) is 0 Å². The van der Waals surface area contributed by atoms with Crippen LogP contribution in [-0.2, 0) is 0 Å². The first-order valence-electron chi connectivity index (χ1n) is 8.63. The van der Waals surface area contributed by atoms with Crippen molar-refractivity contribution in [3.05, 3.63) is 93.2 Å². The van der Waals surface area contributed by atoms with Gasteiger partial charge in [0.2, 0.25) is 0 Å². The molecule has 2 heteroatoms. The Morgan fingerprint density at radius 2 is 0.962 bits per heavy atom. The molecule has 0 unspecified atom stereocenters. The molecule has 0 fully saturated rings. The molecule has 0 radical (unpaired) electrons. The van der Waals surface area contributed by atoms with Crippen molar-refractivity contribution in [1.29, 1.82) is 0 Å². The van der Waals surface area contributed by atoms with Crippen LogP contribution in [0.2, 0.25) is 0 Å². The van der Waals surface area contributed by atoms with Crippen LogP contribution in [0, 0.1) is 0 Å². The van der Waals surface area contributed by atoms with E-state index in [2.05, 4.69) is 6.07 Å². The maximum absolute atomic E-state index is 13.5. The first kappa shape index (κ1) is 13.7. The van der Waals surface area contributed by atoms with Crippen LogP contribution in [0.5, 0.6) is 0 Å². The molecule has 120 valence electrons. The van der Waals surface area contributed by atoms with Gasteiger partial charge in [-0.3, -0.25) is 9.59 Å². The molecule has 0 aliphatic carbocycles. The van der Waals surface area contributed by atoms with Gasteiger partial charge in [0, 0.05) is 26.9 Å². The summed E-state index contributed by atoms with van der Waals surface area (Å²) < 4.78 is 0. The molecule has 2 nitrogen and oxygen atoms in total. The van der Waals surface area contributed by atoms with E-state index < -0.39 is 0 Å². The predicted molar refractivity (Wildman–Crippen MR) is 109 cm³/mol. The third-order valence-electron chi connectivity index (χ3n) is 5.56. The molecule has 0 saturated heterocycles. The molecule has 0 amide bonds. The second-order valence-corrected chi connectivity index (χ2v) is 6.82. The van der Waals surface area contributed by atoms with Gasteiger partial charge >= 0.3 is 0 Å². The van der Waals surface area contributed by atoms with Crippen molar-refractivity contribution in [3.8, 4) is 0 Å². The summed E-state index contributed by atoms with van der Waals surface area (Å²) in [4.78, 5) is 26.2. The van der Waals surface area contributed by atoms with E-state index in [1.807, 2.05) is 66.7 Å². The van der Waals surface area contributed by atoms with Gasteiger partial charge in [-0.25, -0.2) is 0 Å². The molecule has 0 aliphatic rings. The van der Waals surface area contributed by atoms with Crippen molar-refractivity contribution in [2.24, 2.45) is 0 Å². The summed E-state index contributed by atoms with van der Waals surface area (Å²) in [6.45, 7) is 0. The number of hydrogen-bond donors (Lipinski definition) is 0.